The van der Waals surface area contributed by atoms with Gasteiger partial charge in [-0.15, -0.1) is 11.8 Å². The van der Waals surface area contributed by atoms with Crippen molar-refractivity contribution >= 4 is 40.2 Å². The summed E-state index contributed by atoms with van der Waals surface area (Å²) in [5.41, 5.74) is 0.811. The van der Waals surface area contributed by atoms with Crippen LogP contribution in [0, 0.1) is 5.92 Å². The predicted molar refractivity (Wildman–Crippen MR) is 86.1 cm³/mol. The fourth-order valence-corrected chi connectivity index (χ4v) is 3.06. The van der Waals surface area contributed by atoms with Crippen molar-refractivity contribution in [2.45, 2.75) is 31.7 Å². The van der Waals surface area contributed by atoms with Crippen molar-refractivity contribution in [1.82, 2.24) is 9.97 Å². The standard InChI is InChI=1S/C15H17ClN2O2S/c1-9(2)7-13-17-12-8-10(16)3-4-11(12)15(18-13)21-6-5-14(19)20/h3-4,8-9H,5-7H2,1-2H3,(H,19,20). The van der Waals surface area contributed by atoms with Gasteiger partial charge in [0.15, 0.2) is 0 Å². The Morgan fingerprint density at radius 1 is 1.38 bits per heavy atom. The highest BCUT2D eigenvalue weighted by Gasteiger charge is 2.11. The molecule has 1 N–H and O–H groups in total. The van der Waals surface area contributed by atoms with Crippen molar-refractivity contribution in [3.8, 4) is 0 Å². The zero-order valence-corrected chi connectivity index (χ0v) is 13.5. The Morgan fingerprint density at radius 3 is 2.81 bits per heavy atom. The molecule has 0 aliphatic rings. The third-order valence-corrected chi connectivity index (χ3v) is 4.04. The second-order valence-corrected chi connectivity index (χ2v) is 6.72. The number of benzene rings is 1. The molecule has 2 aromatic rings. The highest BCUT2D eigenvalue weighted by Crippen LogP contribution is 2.28. The van der Waals surface area contributed by atoms with Gasteiger partial charge in [-0.2, -0.15) is 0 Å². The highest BCUT2D eigenvalue weighted by molar-refractivity contribution is 7.99. The van der Waals surface area contributed by atoms with E-state index in [1.54, 1.807) is 6.07 Å². The minimum absolute atomic E-state index is 0.114. The SMILES string of the molecule is CC(C)Cc1nc(SCCC(=O)O)c2ccc(Cl)cc2n1. The Bertz CT molecular complexity index is 661. The van der Waals surface area contributed by atoms with Crippen LogP contribution in [0.25, 0.3) is 10.9 Å². The molecule has 2 rings (SSSR count). The van der Waals surface area contributed by atoms with Gasteiger partial charge < -0.3 is 5.11 Å². The molecule has 1 aromatic carbocycles. The van der Waals surface area contributed by atoms with Crippen LogP contribution in [0.4, 0.5) is 0 Å². The van der Waals surface area contributed by atoms with E-state index >= 15 is 0 Å². The van der Waals surface area contributed by atoms with Crippen LogP contribution in [-0.4, -0.2) is 26.8 Å². The number of aromatic nitrogens is 2. The van der Waals surface area contributed by atoms with Gasteiger partial charge in [0.05, 0.1) is 11.9 Å². The number of aliphatic carboxylic acids is 1. The van der Waals surface area contributed by atoms with Gasteiger partial charge >= 0.3 is 5.97 Å². The maximum Gasteiger partial charge on any atom is 0.304 e. The second kappa shape index (κ2) is 7.09. The van der Waals surface area contributed by atoms with E-state index in [0.717, 1.165) is 28.2 Å². The van der Waals surface area contributed by atoms with Crippen molar-refractivity contribution in [3.63, 3.8) is 0 Å². The van der Waals surface area contributed by atoms with E-state index < -0.39 is 5.97 Å². The number of carboxylic acids is 1. The lowest BCUT2D eigenvalue weighted by atomic mass is 10.1. The first kappa shape index (κ1) is 16.0. The lowest BCUT2D eigenvalue weighted by Crippen LogP contribution is -2.03. The van der Waals surface area contributed by atoms with Gasteiger partial charge in [0, 0.05) is 22.6 Å². The molecule has 0 atom stereocenters. The third-order valence-electron chi connectivity index (χ3n) is 2.82. The molecular formula is C15H17ClN2O2S. The molecule has 112 valence electrons. The number of hydrogen-bond acceptors (Lipinski definition) is 4. The van der Waals surface area contributed by atoms with E-state index in [4.69, 9.17) is 16.7 Å². The van der Waals surface area contributed by atoms with Crippen molar-refractivity contribution in [2.75, 3.05) is 5.75 Å². The van der Waals surface area contributed by atoms with Crippen LogP contribution in [0.1, 0.15) is 26.1 Å². The first-order chi connectivity index (χ1) is 9.95. The summed E-state index contributed by atoms with van der Waals surface area (Å²) in [6.07, 6.45) is 0.901. The molecule has 0 saturated heterocycles. The van der Waals surface area contributed by atoms with Gasteiger partial charge in [-0.05, 0) is 24.1 Å². The van der Waals surface area contributed by atoms with Gasteiger partial charge in [0.1, 0.15) is 10.9 Å². The maximum atomic E-state index is 10.6. The van der Waals surface area contributed by atoms with E-state index in [1.165, 1.54) is 11.8 Å². The molecular weight excluding hydrogens is 308 g/mol. The Morgan fingerprint density at radius 2 is 2.14 bits per heavy atom. The average Bonchev–Trinajstić information content (AvgIpc) is 2.36. The number of fused-ring (bicyclic) bond motifs is 1. The Labute approximate surface area is 132 Å². The van der Waals surface area contributed by atoms with Gasteiger partial charge in [-0.3, -0.25) is 4.79 Å². The average molecular weight is 325 g/mol. The first-order valence-corrected chi connectivity index (χ1v) is 8.13. The minimum Gasteiger partial charge on any atom is -0.481 e. The molecule has 0 saturated carbocycles. The van der Waals surface area contributed by atoms with Crippen molar-refractivity contribution < 1.29 is 9.90 Å². The molecule has 1 aromatic heterocycles. The van der Waals surface area contributed by atoms with Crippen molar-refractivity contribution in [1.29, 1.82) is 0 Å². The number of carbonyl (C=O) groups is 1. The Kier molecular flexibility index (Phi) is 5.42. The molecule has 4 nitrogen and oxygen atoms in total. The number of thioether (sulfide) groups is 1. The summed E-state index contributed by atoms with van der Waals surface area (Å²) in [5.74, 6) is 0.924. The number of halogens is 1. The third kappa shape index (κ3) is 4.58. The van der Waals surface area contributed by atoms with E-state index in [9.17, 15) is 4.79 Å². The molecule has 0 bridgehead atoms. The van der Waals surface area contributed by atoms with Crippen LogP contribution in [-0.2, 0) is 11.2 Å². The van der Waals surface area contributed by atoms with Crippen LogP contribution >= 0.6 is 23.4 Å². The van der Waals surface area contributed by atoms with Gasteiger partial charge in [0.2, 0.25) is 0 Å². The van der Waals surface area contributed by atoms with E-state index in [-0.39, 0.29) is 6.42 Å². The van der Waals surface area contributed by atoms with Crippen LogP contribution in [0.15, 0.2) is 23.2 Å². The lowest BCUT2D eigenvalue weighted by Gasteiger charge is -2.09. The molecule has 6 heteroatoms. The zero-order chi connectivity index (χ0) is 15.4. The van der Waals surface area contributed by atoms with E-state index in [0.29, 0.717) is 16.7 Å². The van der Waals surface area contributed by atoms with Crippen LogP contribution in [0.5, 0.6) is 0 Å². The molecule has 0 aliphatic heterocycles. The largest absolute Gasteiger partial charge is 0.481 e. The summed E-state index contributed by atoms with van der Waals surface area (Å²) < 4.78 is 0. The molecule has 0 aliphatic carbocycles. The van der Waals surface area contributed by atoms with Crippen molar-refractivity contribution in [3.05, 3.63) is 29.0 Å². The van der Waals surface area contributed by atoms with Gasteiger partial charge in [-0.1, -0.05) is 25.4 Å². The van der Waals surface area contributed by atoms with Crippen molar-refractivity contribution in [2.24, 2.45) is 5.92 Å². The van der Waals surface area contributed by atoms with Crippen LogP contribution < -0.4 is 0 Å². The topological polar surface area (TPSA) is 63.1 Å². The zero-order valence-electron chi connectivity index (χ0n) is 12.0. The number of nitrogens with zero attached hydrogens (tertiary/aromatic N) is 2. The monoisotopic (exact) mass is 324 g/mol. The molecule has 0 amide bonds. The summed E-state index contributed by atoms with van der Waals surface area (Å²) in [6.45, 7) is 4.23. The fourth-order valence-electron chi connectivity index (χ4n) is 1.92. The first-order valence-electron chi connectivity index (χ1n) is 6.76. The summed E-state index contributed by atoms with van der Waals surface area (Å²) >= 11 is 7.48. The summed E-state index contributed by atoms with van der Waals surface area (Å²) in [7, 11) is 0. The Hall–Kier alpha value is -1.33. The van der Waals surface area contributed by atoms with E-state index in [2.05, 4.69) is 23.8 Å². The summed E-state index contributed by atoms with van der Waals surface area (Å²) in [6, 6.07) is 5.51. The molecule has 0 unspecified atom stereocenters. The molecule has 1 heterocycles. The number of rotatable bonds is 6. The highest BCUT2D eigenvalue weighted by atomic mass is 35.5. The summed E-state index contributed by atoms with van der Waals surface area (Å²) in [5, 5.41) is 11.1. The smallest absolute Gasteiger partial charge is 0.304 e. The lowest BCUT2D eigenvalue weighted by molar-refractivity contribution is -0.136. The molecule has 0 fully saturated rings. The van der Waals surface area contributed by atoms with Gasteiger partial charge in [-0.25, -0.2) is 9.97 Å². The second-order valence-electron chi connectivity index (χ2n) is 5.20. The number of carboxylic acid groups (broad SMARTS) is 1. The fraction of sp³-hybridized carbons (Fsp3) is 0.400. The summed E-state index contributed by atoms with van der Waals surface area (Å²) in [4.78, 5) is 19.8. The Balaban J connectivity index is 2.37. The van der Waals surface area contributed by atoms with Crippen LogP contribution in [0.2, 0.25) is 5.02 Å². The molecule has 21 heavy (non-hydrogen) atoms. The quantitative estimate of drug-likeness (QED) is 0.641. The molecule has 0 spiro atoms. The molecule has 0 radical (unpaired) electrons. The maximum absolute atomic E-state index is 10.6. The normalized spacial score (nSPS) is 11.2. The van der Waals surface area contributed by atoms with Crippen LogP contribution in [0.3, 0.4) is 0 Å². The number of hydrogen-bond donors (Lipinski definition) is 1. The minimum atomic E-state index is -0.800. The van der Waals surface area contributed by atoms with Gasteiger partial charge in [0.25, 0.3) is 0 Å². The van der Waals surface area contributed by atoms with E-state index in [1.807, 2.05) is 12.1 Å². The predicted octanol–water partition coefficient (Wildman–Crippen LogP) is 4.05.